The van der Waals surface area contributed by atoms with E-state index in [0.29, 0.717) is 13.0 Å². The van der Waals surface area contributed by atoms with Crippen molar-refractivity contribution in [2.24, 2.45) is 0 Å². The molecule has 0 aliphatic carbocycles. The number of nitrogens with one attached hydrogen (secondary N) is 1. The van der Waals surface area contributed by atoms with Gasteiger partial charge in [0.05, 0.1) is 24.1 Å². The number of carbonyl (C=O) groups excluding carboxylic acids is 2. The first-order valence-corrected chi connectivity index (χ1v) is 7.84. The predicted octanol–water partition coefficient (Wildman–Crippen LogP) is -0.0162. The van der Waals surface area contributed by atoms with Crippen molar-refractivity contribution < 1.29 is 22.7 Å². The van der Waals surface area contributed by atoms with E-state index in [1.807, 2.05) is 0 Å². The third-order valence-corrected chi connectivity index (χ3v) is 5.00. The monoisotopic (exact) mass is 312 g/mol. The van der Waals surface area contributed by atoms with Crippen LogP contribution in [0.4, 0.5) is 0 Å². The second-order valence-electron chi connectivity index (χ2n) is 4.56. The maximum atomic E-state index is 12.5. The molecule has 1 aromatic carbocycles. The summed E-state index contributed by atoms with van der Waals surface area (Å²) >= 11 is 0. The zero-order chi connectivity index (χ0) is 15.5. The van der Waals surface area contributed by atoms with Crippen LogP contribution >= 0.6 is 0 Å². The minimum atomic E-state index is -3.75. The van der Waals surface area contributed by atoms with E-state index in [1.165, 1.54) is 31.4 Å². The molecule has 1 heterocycles. The van der Waals surface area contributed by atoms with Crippen LogP contribution in [0, 0.1) is 0 Å². The third-order valence-electron chi connectivity index (χ3n) is 3.14. The molecule has 1 aliphatic rings. The van der Waals surface area contributed by atoms with E-state index in [1.54, 1.807) is 0 Å². The summed E-state index contributed by atoms with van der Waals surface area (Å²) in [5, 5.41) is 2.62. The molecule has 0 unspecified atom stereocenters. The number of benzene rings is 1. The summed E-state index contributed by atoms with van der Waals surface area (Å²) < 4.78 is 30.6. The van der Waals surface area contributed by atoms with Crippen LogP contribution in [0.3, 0.4) is 0 Å². The Morgan fingerprint density at radius 1 is 1.29 bits per heavy atom. The first-order chi connectivity index (χ1) is 9.95. The van der Waals surface area contributed by atoms with Gasteiger partial charge in [-0.1, -0.05) is 0 Å². The van der Waals surface area contributed by atoms with E-state index >= 15 is 0 Å². The maximum absolute atomic E-state index is 12.5. The van der Waals surface area contributed by atoms with Crippen LogP contribution in [0.25, 0.3) is 0 Å². The summed E-state index contributed by atoms with van der Waals surface area (Å²) in [6.45, 7) is 0.549. The number of nitrogens with zero attached hydrogens (tertiary/aromatic N) is 1. The van der Waals surface area contributed by atoms with Gasteiger partial charge in [-0.05, 0) is 30.7 Å². The number of methoxy groups -OCH3 is 1. The molecule has 0 atom stereocenters. The van der Waals surface area contributed by atoms with E-state index in [-0.39, 0.29) is 29.5 Å². The summed E-state index contributed by atoms with van der Waals surface area (Å²) in [5.74, 6) is -0.852. The number of esters is 1. The number of carbonyl (C=O) groups is 2. The van der Waals surface area contributed by atoms with Gasteiger partial charge in [0.2, 0.25) is 15.9 Å². The van der Waals surface area contributed by atoms with Gasteiger partial charge in [-0.25, -0.2) is 13.2 Å². The fourth-order valence-corrected chi connectivity index (χ4v) is 3.45. The largest absolute Gasteiger partial charge is 0.465 e. The first kappa shape index (κ1) is 15.5. The molecular weight excluding hydrogens is 296 g/mol. The second kappa shape index (κ2) is 6.23. The van der Waals surface area contributed by atoms with Crippen molar-refractivity contribution >= 4 is 21.9 Å². The molecule has 1 aromatic rings. The number of hydrogen-bond donors (Lipinski definition) is 1. The van der Waals surface area contributed by atoms with Gasteiger partial charge in [-0.2, -0.15) is 4.31 Å². The van der Waals surface area contributed by atoms with Crippen molar-refractivity contribution in [2.75, 3.05) is 26.7 Å². The molecule has 1 N–H and O–H groups in total. The lowest BCUT2D eigenvalue weighted by Gasteiger charge is -2.18. The molecule has 1 saturated heterocycles. The highest BCUT2D eigenvalue weighted by atomic mass is 32.2. The summed E-state index contributed by atoms with van der Waals surface area (Å²) in [7, 11) is -2.49. The normalized spacial score (nSPS) is 16.9. The predicted molar refractivity (Wildman–Crippen MR) is 74.2 cm³/mol. The molecular formula is C13H16N2O5S. The molecule has 0 saturated carbocycles. The highest BCUT2D eigenvalue weighted by Gasteiger charge is 2.28. The SMILES string of the molecule is COC(=O)c1ccc(S(=O)(=O)N2CCCNC(=O)C2)cc1. The zero-order valence-corrected chi connectivity index (χ0v) is 12.4. The fraction of sp³-hybridized carbons (Fsp3) is 0.385. The molecule has 1 fully saturated rings. The van der Waals surface area contributed by atoms with E-state index in [4.69, 9.17) is 0 Å². The molecule has 2 rings (SSSR count). The van der Waals surface area contributed by atoms with Crippen LogP contribution in [0.5, 0.6) is 0 Å². The molecule has 0 bridgehead atoms. The van der Waals surface area contributed by atoms with Gasteiger partial charge in [0.25, 0.3) is 0 Å². The molecule has 0 aromatic heterocycles. The van der Waals surface area contributed by atoms with Gasteiger partial charge in [-0.15, -0.1) is 0 Å². The van der Waals surface area contributed by atoms with Gasteiger partial charge in [0.1, 0.15) is 0 Å². The lowest BCUT2D eigenvalue weighted by molar-refractivity contribution is -0.120. The minimum absolute atomic E-state index is 0.0462. The Morgan fingerprint density at radius 2 is 1.95 bits per heavy atom. The summed E-state index contributed by atoms with van der Waals surface area (Å²) in [5.41, 5.74) is 0.269. The molecule has 0 radical (unpaired) electrons. The highest BCUT2D eigenvalue weighted by molar-refractivity contribution is 7.89. The number of amides is 1. The minimum Gasteiger partial charge on any atom is -0.465 e. The quantitative estimate of drug-likeness (QED) is 0.792. The number of hydrogen-bond acceptors (Lipinski definition) is 5. The van der Waals surface area contributed by atoms with Crippen molar-refractivity contribution in [1.29, 1.82) is 0 Å². The molecule has 8 heteroatoms. The standard InChI is InChI=1S/C13H16N2O5S/c1-20-13(17)10-3-5-11(6-4-10)21(18,19)15-8-2-7-14-12(16)9-15/h3-6H,2,7-9H2,1H3,(H,14,16). The Balaban J connectivity index is 2.26. The van der Waals surface area contributed by atoms with Gasteiger partial charge in [0, 0.05) is 13.1 Å². The van der Waals surface area contributed by atoms with E-state index in [9.17, 15) is 18.0 Å². The summed E-state index contributed by atoms with van der Waals surface area (Å²) in [6.07, 6.45) is 0.561. The molecule has 21 heavy (non-hydrogen) atoms. The highest BCUT2D eigenvalue weighted by Crippen LogP contribution is 2.17. The van der Waals surface area contributed by atoms with E-state index in [0.717, 1.165) is 4.31 Å². The van der Waals surface area contributed by atoms with E-state index in [2.05, 4.69) is 10.1 Å². The Hall–Kier alpha value is -1.93. The van der Waals surface area contributed by atoms with E-state index < -0.39 is 16.0 Å². The molecule has 0 spiro atoms. The van der Waals surface area contributed by atoms with Crippen molar-refractivity contribution in [3.05, 3.63) is 29.8 Å². The van der Waals surface area contributed by atoms with Gasteiger partial charge >= 0.3 is 5.97 Å². The fourth-order valence-electron chi connectivity index (χ4n) is 2.01. The Morgan fingerprint density at radius 3 is 2.57 bits per heavy atom. The zero-order valence-electron chi connectivity index (χ0n) is 11.5. The smallest absolute Gasteiger partial charge is 0.337 e. The van der Waals surface area contributed by atoms with Gasteiger partial charge < -0.3 is 10.1 Å². The van der Waals surface area contributed by atoms with Crippen LogP contribution in [-0.4, -0.2) is 51.3 Å². The van der Waals surface area contributed by atoms with Crippen LogP contribution < -0.4 is 5.32 Å². The number of sulfonamides is 1. The average Bonchev–Trinajstić information content (AvgIpc) is 2.71. The maximum Gasteiger partial charge on any atom is 0.337 e. The van der Waals surface area contributed by atoms with Crippen LogP contribution in [0.2, 0.25) is 0 Å². The topological polar surface area (TPSA) is 92.8 Å². The second-order valence-corrected chi connectivity index (χ2v) is 6.50. The third kappa shape index (κ3) is 3.40. The molecule has 7 nitrogen and oxygen atoms in total. The summed E-state index contributed by atoms with van der Waals surface area (Å²) in [6, 6.07) is 5.45. The Labute approximate surface area is 122 Å². The molecule has 1 aliphatic heterocycles. The van der Waals surface area contributed by atoms with Crippen LogP contribution in [0.15, 0.2) is 29.2 Å². The first-order valence-electron chi connectivity index (χ1n) is 6.40. The Bertz CT molecular complexity index is 639. The molecule has 114 valence electrons. The van der Waals surface area contributed by atoms with Crippen LogP contribution in [-0.2, 0) is 19.6 Å². The Kier molecular flexibility index (Phi) is 4.59. The van der Waals surface area contributed by atoms with Crippen LogP contribution in [0.1, 0.15) is 16.8 Å². The van der Waals surface area contributed by atoms with Crippen molar-refractivity contribution in [3.63, 3.8) is 0 Å². The van der Waals surface area contributed by atoms with Gasteiger partial charge in [-0.3, -0.25) is 4.79 Å². The lowest BCUT2D eigenvalue weighted by Crippen LogP contribution is -2.37. The van der Waals surface area contributed by atoms with Crippen molar-refractivity contribution in [1.82, 2.24) is 9.62 Å². The number of ether oxygens (including phenoxy) is 1. The van der Waals surface area contributed by atoms with Crippen molar-refractivity contribution in [2.45, 2.75) is 11.3 Å². The van der Waals surface area contributed by atoms with Crippen molar-refractivity contribution in [3.8, 4) is 0 Å². The summed E-state index contributed by atoms with van der Waals surface area (Å²) in [4.78, 5) is 22.9. The van der Waals surface area contributed by atoms with Gasteiger partial charge in [0.15, 0.2) is 0 Å². The lowest BCUT2D eigenvalue weighted by atomic mass is 10.2. The molecule has 1 amide bonds. The number of rotatable bonds is 3. The average molecular weight is 312 g/mol.